The van der Waals surface area contributed by atoms with Gasteiger partial charge in [0.1, 0.15) is 5.82 Å². The molecule has 0 bridgehead atoms. The van der Waals surface area contributed by atoms with E-state index in [1.54, 1.807) is 0 Å². The monoisotopic (exact) mass is 323 g/mol. The topological polar surface area (TPSA) is 38.3 Å². The molecule has 1 amide bonds. The second-order valence-electron chi connectivity index (χ2n) is 3.15. The lowest BCUT2D eigenvalue weighted by Crippen LogP contribution is -2.28. The SMILES string of the molecule is O=C(NCCOCCBr)c1c(F)cccc1Cl. The molecule has 0 atom stereocenters. The molecular formula is C11H12BrClFNO2. The van der Waals surface area contributed by atoms with Crippen LogP contribution < -0.4 is 5.32 Å². The Morgan fingerprint density at radius 1 is 1.47 bits per heavy atom. The van der Waals surface area contributed by atoms with Crippen LogP contribution >= 0.6 is 27.5 Å². The molecule has 0 aliphatic carbocycles. The standard InChI is InChI=1S/C11H12BrClFNO2/c12-4-6-17-7-5-15-11(16)10-8(13)2-1-3-9(10)14/h1-3H,4-7H2,(H,15,16). The van der Waals surface area contributed by atoms with E-state index in [-0.39, 0.29) is 10.6 Å². The summed E-state index contributed by atoms with van der Waals surface area (Å²) >= 11 is 8.96. The number of benzene rings is 1. The van der Waals surface area contributed by atoms with Crippen LogP contribution in [0.5, 0.6) is 0 Å². The number of ether oxygens (including phenoxy) is 1. The summed E-state index contributed by atoms with van der Waals surface area (Å²) in [6.45, 7) is 1.26. The Morgan fingerprint density at radius 2 is 2.24 bits per heavy atom. The summed E-state index contributed by atoms with van der Waals surface area (Å²) in [6, 6.07) is 4.12. The third-order valence-electron chi connectivity index (χ3n) is 1.94. The number of hydrogen-bond acceptors (Lipinski definition) is 2. The minimum absolute atomic E-state index is 0.101. The number of carbonyl (C=O) groups is 1. The molecule has 0 unspecified atom stereocenters. The van der Waals surface area contributed by atoms with E-state index in [1.807, 2.05) is 0 Å². The predicted molar refractivity (Wildman–Crippen MR) is 68.4 cm³/mol. The van der Waals surface area contributed by atoms with Gasteiger partial charge in [0.05, 0.1) is 23.8 Å². The van der Waals surface area contributed by atoms with Gasteiger partial charge in [-0.2, -0.15) is 0 Å². The van der Waals surface area contributed by atoms with Gasteiger partial charge in [-0.15, -0.1) is 0 Å². The van der Waals surface area contributed by atoms with E-state index < -0.39 is 11.7 Å². The first kappa shape index (κ1) is 14.4. The average Bonchev–Trinajstić information content (AvgIpc) is 2.28. The first-order chi connectivity index (χ1) is 8.16. The van der Waals surface area contributed by atoms with E-state index in [4.69, 9.17) is 16.3 Å². The fourth-order valence-corrected chi connectivity index (χ4v) is 1.67. The third-order valence-corrected chi connectivity index (χ3v) is 2.58. The number of rotatable bonds is 6. The van der Waals surface area contributed by atoms with Gasteiger partial charge in [0.15, 0.2) is 0 Å². The number of alkyl halides is 1. The van der Waals surface area contributed by atoms with Gasteiger partial charge in [-0.1, -0.05) is 33.6 Å². The molecule has 0 spiro atoms. The molecule has 1 rings (SSSR count). The molecular weight excluding hydrogens is 312 g/mol. The van der Waals surface area contributed by atoms with Crippen molar-refractivity contribution in [2.75, 3.05) is 25.1 Å². The minimum atomic E-state index is -0.628. The predicted octanol–water partition coefficient (Wildman–Crippen LogP) is 2.62. The number of amides is 1. The smallest absolute Gasteiger partial charge is 0.255 e. The summed E-state index contributed by atoms with van der Waals surface area (Å²) in [4.78, 5) is 11.6. The maximum atomic E-state index is 13.3. The molecule has 1 aromatic rings. The van der Waals surface area contributed by atoms with Crippen molar-refractivity contribution in [3.05, 3.63) is 34.6 Å². The summed E-state index contributed by atoms with van der Waals surface area (Å²) < 4.78 is 18.5. The van der Waals surface area contributed by atoms with Crippen LogP contribution in [-0.4, -0.2) is 31.0 Å². The van der Waals surface area contributed by atoms with Crippen molar-refractivity contribution in [3.8, 4) is 0 Å². The first-order valence-electron chi connectivity index (χ1n) is 5.02. The lowest BCUT2D eigenvalue weighted by molar-refractivity contribution is 0.0920. The van der Waals surface area contributed by atoms with Crippen molar-refractivity contribution in [2.45, 2.75) is 0 Å². The van der Waals surface area contributed by atoms with E-state index in [1.165, 1.54) is 18.2 Å². The van der Waals surface area contributed by atoms with Crippen molar-refractivity contribution < 1.29 is 13.9 Å². The Morgan fingerprint density at radius 3 is 2.88 bits per heavy atom. The van der Waals surface area contributed by atoms with Crippen LogP contribution in [0.2, 0.25) is 5.02 Å². The van der Waals surface area contributed by atoms with E-state index in [0.717, 1.165) is 5.33 Å². The second kappa shape index (κ2) is 7.63. The zero-order valence-electron chi connectivity index (χ0n) is 9.01. The Bertz CT molecular complexity index is 369. The number of hydrogen-bond donors (Lipinski definition) is 1. The molecule has 1 aromatic carbocycles. The molecule has 0 saturated carbocycles. The van der Waals surface area contributed by atoms with Crippen LogP contribution in [0.15, 0.2) is 18.2 Å². The molecule has 0 aliphatic heterocycles. The summed E-state index contributed by atoms with van der Waals surface area (Å²) in [7, 11) is 0. The van der Waals surface area contributed by atoms with Crippen LogP contribution in [-0.2, 0) is 4.74 Å². The van der Waals surface area contributed by atoms with Crippen molar-refractivity contribution >= 4 is 33.4 Å². The van der Waals surface area contributed by atoms with E-state index in [0.29, 0.717) is 19.8 Å². The number of carbonyl (C=O) groups excluding carboxylic acids is 1. The summed E-state index contributed by atoms with van der Waals surface area (Å²) in [5, 5.41) is 3.37. The average molecular weight is 325 g/mol. The van der Waals surface area contributed by atoms with E-state index in [9.17, 15) is 9.18 Å². The Hall–Kier alpha value is -0.650. The Labute approximate surface area is 112 Å². The molecule has 0 fully saturated rings. The highest BCUT2D eigenvalue weighted by molar-refractivity contribution is 9.09. The van der Waals surface area contributed by atoms with Crippen molar-refractivity contribution in [1.82, 2.24) is 5.32 Å². The van der Waals surface area contributed by atoms with Crippen LogP contribution in [0.25, 0.3) is 0 Å². The normalized spacial score (nSPS) is 10.3. The minimum Gasteiger partial charge on any atom is -0.379 e. The highest BCUT2D eigenvalue weighted by atomic mass is 79.9. The molecule has 6 heteroatoms. The van der Waals surface area contributed by atoms with Crippen molar-refractivity contribution in [1.29, 1.82) is 0 Å². The van der Waals surface area contributed by atoms with Gasteiger partial charge in [-0.05, 0) is 12.1 Å². The molecule has 0 aliphatic rings. The molecule has 17 heavy (non-hydrogen) atoms. The molecule has 0 saturated heterocycles. The third kappa shape index (κ3) is 4.61. The Kier molecular flexibility index (Phi) is 6.47. The number of halogens is 3. The largest absolute Gasteiger partial charge is 0.379 e. The molecule has 94 valence electrons. The zero-order valence-corrected chi connectivity index (χ0v) is 11.4. The lowest BCUT2D eigenvalue weighted by Gasteiger charge is -2.07. The molecule has 1 N–H and O–H groups in total. The van der Waals surface area contributed by atoms with Crippen LogP contribution in [0.4, 0.5) is 4.39 Å². The lowest BCUT2D eigenvalue weighted by atomic mass is 10.2. The highest BCUT2D eigenvalue weighted by Gasteiger charge is 2.14. The van der Waals surface area contributed by atoms with Gasteiger partial charge in [-0.3, -0.25) is 4.79 Å². The molecule has 0 heterocycles. The summed E-state index contributed by atoms with van der Waals surface area (Å²) in [5.74, 6) is -1.16. The van der Waals surface area contributed by atoms with Crippen LogP contribution in [0.3, 0.4) is 0 Å². The van der Waals surface area contributed by atoms with Gasteiger partial charge < -0.3 is 10.1 Å². The van der Waals surface area contributed by atoms with Gasteiger partial charge in [-0.25, -0.2) is 4.39 Å². The quantitative estimate of drug-likeness (QED) is 0.645. The highest BCUT2D eigenvalue weighted by Crippen LogP contribution is 2.18. The molecule has 0 aromatic heterocycles. The molecule has 3 nitrogen and oxygen atoms in total. The number of nitrogens with one attached hydrogen (secondary N) is 1. The fourth-order valence-electron chi connectivity index (χ4n) is 1.20. The Balaban J connectivity index is 2.47. The maximum Gasteiger partial charge on any atom is 0.255 e. The summed E-state index contributed by atoms with van der Waals surface area (Å²) in [5.41, 5.74) is -0.130. The maximum absolute atomic E-state index is 13.3. The van der Waals surface area contributed by atoms with Crippen LogP contribution in [0.1, 0.15) is 10.4 Å². The molecule has 0 radical (unpaired) electrons. The first-order valence-corrected chi connectivity index (χ1v) is 6.52. The fraction of sp³-hybridized carbons (Fsp3) is 0.364. The van der Waals surface area contributed by atoms with Gasteiger partial charge in [0, 0.05) is 11.9 Å². The zero-order chi connectivity index (χ0) is 12.7. The van der Waals surface area contributed by atoms with Crippen molar-refractivity contribution in [3.63, 3.8) is 0 Å². The van der Waals surface area contributed by atoms with Gasteiger partial charge >= 0.3 is 0 Å². The van der Waals surface area contributed by atoms with Gasteiger partial charge in [0.2, 0.25) is 0 Å². The van der Waals surface area contributed by atoms with E-state index in [2.05, 4.69) is 21.2 Å². The second-order valence-corrected chi connectivity index (χ2v) is 4.35. The van der Waals surface area contributed by atoms with Crippen molar-refractivity contribution in [2.24, 2.45) is 0 Å². The van der Waals surface area contributed by atoms with Crippen LogP contribution in [0, 0.1) is 5.82 Å². The van der Waals surface area contributed by atoms with E-state index >= 15 is 0 Å². The summed E-state index contributed by atoms with van der Waals surface area (Å²) in [6.07, 6.45) is 0. The van der Waals surface area contributed by atoms with Gasteiger partial charge in [0.25, 0.3) is 5.91 Å².